The van der Waals surface area contributed by atoms with E-state index in [0.717, 1.165) is 44.2 Å². The molecule has 0 spiro atoms. The zero-order valence-corrected chi connectivity index (χ0v) is 18.8. The average molecular weight is 400 g/mol. The molecule has 0 radical (unpaired) electrons. The maximum absolute atomic E-state index is 12.3. The van der Waals surface area contributed by atoms with Crippen LogP contribution in [0.1, 0.15) is 51.0 Å². The van der Waals surface area contributed by atoms with Crippen LogP contribution < -0.4 is 39.4 Å². The SMILES string of the molecule is CCCCCCCCc1c(S(=O)(=O)O)ccc([O-])c1Oc1ccccc1.[Na+]. The fraction of sp³-hybridized carbons (Fsp3) is 0.400. The molecule has 2 aromatic carbocycles. The molecular formula is C20H25NaO5S. The number of hydrogen-bond acceptors (Lipinski definition) is 4. The molecule has 0 unspecified atom stereocenters. The molecule has 5 nitrogen and oxygen atoms in total. The summed E-state index contributed by atoms with van der Waals surface area (Å²) in [6.45, 7) is 2.14. The van der Waals surface area contributed by atoms with Crippen LogP contribution in [0.15, 0.2) is 47.4 Å². The van der Waals surface area contributed by atoms with Gasteiger partial charge in [0.2, 0.25) is 0 Å². The van der Waals surface area contributed by atoms with Crippen molar-refractivity contribution in [2.45, 2.75) is 56.8 Å². The molecular weight excluding hydrogens is 375 g/mol. The largest absolute Gasteiger partial charge is 1.00 e. The fourth-order valence-corrected chi connectivity index (χ4v) is 3.61. The Morgan fingerprint density at radius 2 is 1.59 bits per heavy atom. The molecule has 27 heavy (non-hydrogen) atoms. The Balaban J connectivity index is 0.00000364. The summed E-state index contributed by atoms with van der Waals surface area (Å²) in [6, 6.07) is 11.0. The first kappa shape index (κ1) is 24.0. The molecule has 0 heterocycles. The molecule has 0 saturated heterocycles. The number of unbranched alkanes of at least 4 members (excludes halogenated alkanes) is 5. The minimum atomic E-state index is -4.44. The number of para-hydroxylation sites is 1. The van der Waals surface area contributed by atoms with Crippen LogP contribution in [0.4, 0.5) is 0 Å². The molecule has 2 aromatic rings. The molecule has 0 fully saturated rings. The van der Waals surface area contributed by atoms with Crippen molar-refractivity contribution in [3.8, 4) is 17.2 Å². The third kappa shape index (κ3) is 7.47. The second-order valence-electron chi connectivity index (χ2n) is 6.28. The normalized spacial score (nSPS) is 11.0. The van der Waals surface area contributed by atoms with Gasteiger partial charge in [-0.3, -0.25) is 4.55 Å². The van der Waals surface area contributed by atoms with Gasteiger partial charge in [-0.15, -0.1) is 0 Å². The topological polar surface area (TPSA) is 86.7 Å². The predicted molar refractivity (Wildman–Crippen MR) is 99.3 cm³/mol. The Morgan fingerprint density at radius 1 is 0.963 bits per heavy atom. The zero-order valence-electron chi connectivity index (χ0n) is 16.0. The van der Waals surface area contributed by atoms with Gasteiger partial charge >= 0.3 is 29.6 Å². The molecule has 0 bridgehead atoms. The van der Waals surface area contributed by atoms with E-state index in [9.17, 15) is 18.1 Å². The van der Waals surface area contributed by atoms with Crippen molar-refractivity contribution in [2.75, 3.05) is 0 Å². The van der Waals surface area contributed by atoms with Crippen LogP contribution in [-0.4, -0.2) is 13.0 Å². The van der Waals surface area contributed by atoms with Crippen LogP contribution in [0.5, 0.6) is 17.2 Å². The molecule has 7 heteroatoms. The standard InChI is InChI=1S/C20H26O5S.Na/c1-2-3-4-5-6-10-13-17-19(26(22,23)24)15-14-18(21)20(17)25-16-11-8-7-9-12-16;/h7-9,11-12,14-15,21H,2-6,10,13H2,1H3,(H,22,23,24);/q;+1/p-1. The van der Waals surface area contributed by atoms with E-state index in [1.165, 1.54) is 6.42 Å². The fourth-order valence-electron chi connectivity index (χ4n) is 2.87. The van der Waals surface area contributed by atoms with Gasteiger partial charge in [0.1, 0.15) is 16.4 Å². The van der Waals surface area contributed by atoms with Crippen molar-refractivity contribution in [3.05, 3.63) is 48.0 Å². The Kier molecular flexibility index (Phi) is 10.4. The zero-order chi connectivity index (χ0) is 19.0. The minimum absolute atomic E-state index is 0. The second kappa shape index (κ2) is 11.7. The number of ether oxygens (including phenoxy) is 1. The van der Waals surface area contributed by atoms with E-state index in [4.69, 9.17) is 4.74 Å². The maximum atomic E-state index is 12.3. The van der Waals surface area contributed by atoms with E-state index < -0.39 is 15.9 Å². The summed E-state index contributed by atoms with van der Waals surface area (Å²) in [7, 11) is -4.44. The average Bonchev–Trinajstić information content (AvgIpc) is 2.60. The van der Waals surface area contributed by atoms with Crippen molar-refractivity contribution in [1.29, 1.82) is 0 Å². The third-order valence-corrected chi connectivity index (χ3v) is 5.14. The summed E-state index contributed by atoms with van der Waals surface area (Å²) in [5.74, 6) is 0.0170. The summed E-state index contributed by atoms with van der Waals surface area (Å²) in [5.41, 5.74) is 0.249. The Bertz CT molecular complexity index is 807. The molecule has 0 atom stereocenters. The van der Waals surface area contributed by atoms with Crippen LogP contribution in [-0.2, 0) is 16.5 Å². The molecule has 2 rings (SSSR count). The summed E-state index contributed by atoms with van der Waals surface area (Å²) in [5, 5.41) is 12.3. The molecule has 1 N–H and O–H groups in total. The monoisotopic (exact) mass is 400 g/mol. The molecule has 0 saturated carbocycles. The summed E-state index contributed by atoms with van der Waals surface area (Å²) in [6.07, 6.45) is 6.53. The number of hydrogen-bond donors (Lipinski definition) is 1. The molecule has 0 aliphatic rings. The Hall–Kier alpha value is -1.05. The van der Waals surface area contributed by atoms with Gasteiger partial charge in [0, 0.05) is 5.56 Å². The molecule has 0 amide bonds. The quantitative estimate of drug-likeness (QED) is 0.373. The first-order valence-electron chi connectivity index (χ1n) is 8.96. The van der Waals surface area contributed by atoms with E-state index in [1.54, 1.807) is 24.3 Å². The van der Waals surface area contributed by atoms with Crippen LogP contribution >= 0.6 is 0 Å². The van der Waals surface area contributed by atoms with Gasteiger partial charge < -0.3 is 9.84 Å². The van der Waals surface area contributed by atoms with Gasteiger partial charge in [0.05, 0.1) is 0 Å². The molecule has 0 aliphatic heterocycles. The van der Waals surface area contributed by atoms with Gasteiger partial charge in [0.25, 0.3) is 10.1 Å². The van der Waals surface area contributed by atoms with Crippen LogP contribution in [0.3, 0.4) is 0 Å². The molecule has 0 aromatic heterocycles. The first-order valence-corrected chi connectivity index (χ1v) is 10.4. The third-order valence-electron chi connectivity index (χ3n) is 4.20. The first-order chi connectivity index (χ1) is 12.4. The van der Waals surface area contributed by atoms with Crippen molar-refractivity contribution in [2.24, 2.45) is 0 Å². The summed E-state index contributed by atoms with van der Waals surface area (Å²) < 4.78 is 38.7. The molecule has 142 valence electrons. The van der Waals surface area contributed by atoms with E-state index in [1.807, 2.05) is 6.07 Å². The van der Waals surface area contributed by atoms with E-state index in [2.05, 4.69) is 6.92 Å². The van der Waals surface area contributed by atoms with Gasteiger partial charge in [-0.2, -0.15) is 8.42 Å². The van der Waals surface area contributed by atoms with Crippen LogP contribution in [0, 0.1) is 0 Å². The van der Waals surface area contributed by atoms with Gasteiger partial charge in [-0.05, 0) is 31.0 Å². The minimum Gasteiger partial charge on any atom is -0.870 e. The van der Waals surface area contributed by atoms with Gasteiger partial charge in [-0.1, -0.05) is 69.0 Å². The predicted octanol–water partition coefficient (Wildman–Crippen LogP) is 1.71. The summed E-state index contributed by atoms with van der Waals surface area (Å²) in [4.78, 5) is -0.253. The number of benzene rings is 2. The summed E-state index contributed by atoms with van der Waals surface area (Å²) >= 11 is 0. The van der Waals surface area contributed by atoms with Crippen molar-refractivity contribution in [1.82, 2.24) is 0 Å². The van der Waals surface area contributed by atoms with E-state index in [-0.39, 0.29) is 45.8 Å². The molecule has 0 aliphatic carbocycles. The van der Waals surface area contributed by atoms with Crippen LogP contribution in [0.2, 0.25) is 0 Å². The number of rotatable bonds is 10. The second-order valence-corrected chi connectivity index (χ2v) is 7.67. The van der Waals surface area contributed by atoms with Crippen LogP contribution in [0.25, 0.3) is 0 Å². The van der Waals surface area contributed by atoms with E-state index >= 15 is 0 Å². The van der Waals surface area contributed by atoms with E-state index in [0.29, 0.717) is 12.2 Å². The Morgan fingerprint density at radius 3 is 2.22 bits per heavy atom. The van der Waals surface area contributed by atoms with Gasteiger partial charge in [0.15, 0.2) is 0 Å². The smallest absolute Gasteiger partial charge is 0.870 e. The Labute approximate surface area is 183 Å². The van der Waals surface area contributed by atoms with Gasteiger partial charge in [-0.25, -0.2) is 0 Å². The van der Waals surface area contributed by atoms with Crippen molar-refractivity contribution in [3.63, 3.8) is 0 Å². The van der Waals surface area contributed by atoms with Crippen molar-refractivity contribution < 1.29 is 52.4 Å². The maximum Gasteiger partial charge on any atom is 1.00 e. The van der Waals surface area contributed by atoms with Crippen molar-refractivity contribution >= 4 is 10.1 Å².